The number of halogens is 5. The molecule has 3 N–H and O–H groups in total. The monoisotopic (exact) mass is 263 g/mol. The molecule has 0 amide bonds. The van der Waals surface area contributed by atoms with Gasteiger partial charge in [-0.05, 0) is 12.1 Å². The molecule has 0 spiro atoms. The first-order valence-corrected chi connectivity index (χ1v) is 4.66. The maximum Gasteiger partial charge on any atom is 0.433 e. The summed E-state index contributed by atoms with van der Waals surface area (Å²) in [5.41, 5.74) is 0.233. The van der Waals surface area contributed by atoms with Gasteiger partial charge in [-0.3, -0.25) is 5.84 Å². The van der Waals surface area contributed by atoms with Crippen LogP contribution in [-0.2, 0) is 6.18 Å². The summed E-state index contributed by atoms with van der Waals surface area (Å²) in [6, 6.07) is 1.94. The van der Waals surface area contributed by atoms with Crippen molar-refractivity contribution >= 4 is 16.6 Å². The molecule has 2 rings (SSSR count). The second kappa shape index (κ2) is 4.05. The first kappa shape index (κ1) is 12.5. The van der Waals surface area contributed by atoms with Gasteiger partial charge in [0.15, 0.2) is 11.6 Å². The van der Waals surface area contributed by atoms with E-state index in [1.54, 1.807) is 0 Å². The Morgan fingerprint density at radius 2 is 1.67 bits per heavy atom. The number of anilines is 1. The number of benzene rings is 1. The molecule has 0 bridgehead atoms. The van der Waals surface area contributed by atoms with E-state index in [2.05, 4.69) is 4.98 Å². The van der Waals surface area contributed by atoms with Crippen LogP contribution in [-0.4, -0.2) is 4.98 Å². The van der Waals surface area contributed by atoms with Crippen molar-refractivity contribution < 1.29 is 22.0 Å². The molecular formula is C10H6F5N3. The third kappa shape index (κ3) is 2.06. The molecule has 18 heavy (non-hydrogen) atoms. The van der Waals surface area contributed by atoms with Gasteiger partial charge in [0.2, 0.25) is 0 Å². The average Bonchev–Trinajstić information content (AvgIpc) is 2.28. The van der Waals surface area contributed by atoms with E-state index in [-0.39, 0.29) is 16.6 Å². The number of nitrogens with zero attached hydrogens (tertiary/aromatic N) is 1. The van der Waals surface area contributed by atoms with Crippen molar-refractivity contribution in [3.05, 3.63) is 35.5 Å². The van der Waals surface area contributed by atoms with Crippen LogP contribution in [0.25, 0.3) is 10.9 Å². The Balaban J connectivity index is 2.80. The summed E-state index contributed by atoms with van der Waals surface area (Å²) in [7, 11) is 0. The summed E-state index contributed by atoms with van der Waals surface area (Å²) in [6.45, 7) is 0. The number of hydrazine groups is 1. The number of hydrogen-bond acceptors (Lipinski definition) is 3. The van der Waals surface area contributed by atoms with Gasteiger partial charge in [0, 0.05) is 11.5 Å². The van der Waals surface area contributed by atoms with Gasteiger partial charge < -0.3 is 5.43 Å². The zero-order valence-corrected chi connectivity index (χ0v) is 8.65. The number of rotatable bonds is 1. The number of pyridine rings is 1. The van der Waals surface area contributed by atoms with E-state index >= 15 is 0 Å². The Morgan fingerprint density at radius 1 is 1.06 bits per heavy atom. The first-order chi connectivity index (χ1) is 8.32. The largest absolute Gasteiger partial charge is 0.433 e. The molecule has 96 valence electrons. The summed E-state index contributed by atoms with van der Waals surface area (Å²) in [5.74, 6) is 2.58. The minimum Gasteiger partial charge on any atom is -0.323 e. The highest BCUT2D eigenvalue weighted by atomic mass is 19.4. The van der Waals surface area contributed by atoms with Gasteiger partial charge >= 0.3 is 6.18 Å². The van der Waals surface area contributed by atoms with Gasteiger partial charge in [-0.15, -0.1) is 0 Å². The van der Waals surface area contributed by atoms with Crippen LogP contribution in [0.3, 0.4) is 0 Å². The molecule has 8 heteroatoms. The summed E-state index contributed by atoms with van der Waals surface area (Å²) < 4.78 is 63.5. The van der Waals surface area contributed by atoms with Crippen LogP contribution in [0.1, 0.15) is 5.69 Å². The molecule has 0 aliphatic rings. The zero-order valence-electron chi connectivity index (χ0n) is 8.65. The van der Waals surface area contributed by atoms with Gasteiger partial charge in [0.25, 0.3) is 0 Å². The van der Waals surface area contributed by atoms with Gasteiger partial charge in [0.05, 0.1) is 11.2 Å². The lowest BCUT2D eigenvalue weighted by Crippen LogP contribution is -2.13. The van der Waals surface area contributed by atoms with E-state index in [1.807, 2.05) is 5.43 Å². The number of nitrogen functional groups attached to an aromatic ring is 1. The van der Waals surface area contributed by atoms with E-state index in [9.17, 15) is 22.0 Å². The van der Waals surface area contributed by atoms with Crippen LogP contribution in [0, 0.1) is 11.6 Å². The molecule has 0 saturated heterocycles. The minimum absolute atomic E-state index is 0.0376. The fourth-order valence-electron chi connectivity index (χ4n) is 1.49. The van der Waals surface area contributed by atoms with E-state index < -0.39 is 23.5 Å². The van der Waals surface area contributed by atoms with Gasteiger partial charge in [0.1, 0.15) is 5.69 Å². The molecule has 0 unspecified atom stereocenters. The topological polar surface area (TPSA) is 50.9 Å². The van der Waals surface area contributed by atoms with Crippen LogP contribution in [0.15, 0.2) is 18.2 Å². The number of hydrogen-bond donors (Lipinski definition) is 2. The van der Waals surface area contributed by atoms with Gasteiger partial charge in [-0.25, -0.2) is 13.8 Å². The predicted octanol–water partition coefficient (Wildman–Crippen LogP) is 2.82. The van der Waals surface area contributed by atoms with Crippen LogP contribution in [0.5, 0.6) is 0 Å². The Labute approximate surface area is 97.4 Å². The lowest BCUT2D eigenvalue weighted by atomic mass is 10.1. The van der Waals surface area contributed by atoms with E-state index in [0.29, 0.717) is 12.1 Å². The minimum atomic E-state index is -4.70. The molecule has 3 nitrogen and oxygen atoms in total. The fraction of sp³-hybridized carbons (Fsp3) is 0.100. The molecule has 1 aromatic carbocycles. The van der Waals surface area contributed by atoms with Crippen molar-refractivity contribution in [2.75, 3.05) is 5.43 Å². The normalized spacial score (nSPS) is 11.9. The Kier molecular flexibility index (Phi) is 2.81. The van der Waals surface area contributed by atoms with Gasteiger partial charge in [-0.1, -0.05) is 0 Å². The Bertz CT molecular complexity index is 608. The van der Waals surface area contributed by atoms with E-state index in [0.717, 1.165) is 6.07 Å². The van der Waals surface area contributed by atoms with E-state index in [1.165, 1.54) is 0 Å². The molecule has 1 aromatic heterocycles. The molecule has 2 aromatic rings. The fourth-order valence-corrected chi connectivity index (χ4v) is 1.49. The highest BCUT2D eigenvalue weighted by Crippen LogP contribution is 2.33. The number of alkyl halides is 3. The number of nitrogens with one attached hydrogen (secondary N) is 1. The molecule has 0 saturated carbocycles. The Morgan fingerprint density at radius 3 is 2.22 bits per heavy atom. The van der Waals surface area contributed by atoms with Crippen molar-refractivity contribution in [1.29, 1.82) is 0 Å². The molecular weight excluding hydrogens is 257 g/mol. The summed E-state index contributed by atoms with van der Waals surface area (Å²) >= 11 is 0. The highest BCUT2D eigenvalue weighted by molar-refractivity contribution is 5.91. The molecule has 0 atom stereocenters. The summed E-state index contributed by atoms with van der Waals surface area (Å²) in [5, 5.41) is -0.0376. The number of fused-ring (bicyclic) bond motifs is 1. The predicted molar refractivity (Wildman–Crippen MR) is 54.5 cm³/mol. The Hall–Kier alpha value is -1.96. The molecule has 1 heterocycles. The maximum absolute atomic E-state index is 13.0. The van der Waals surface area contributed by atoms with Crippen LogP contribution >= 0.6 is 0 Å². The number of aromatic nitrogens is 1. The van der Waals surface area contributed by atoms with Crippen molar-refractivity contribution in [2.45, 2.75) is 6.18 Å². The van der Waals surface area contributed by atoms with Crippen molar-refractivity contribution in [2.24, 2.45) is 5.84 Å². The van der Waals surface area contributed by atoms with Crippen molar-refractivity contribution in [3.8, 4) is 0 Å². The van der Waals surface area contributed by atoms with Crippen molar-refractivity contribution in [1.82, 2.24) is 4.98 Å². The average molecular weight is 263 g/mol. The standard InChI is InChI=1S/C10H6F5N3/c11-5-1-4-7(2-6(5)12)17-9(10(13,14)15)3-8(4)18-16/h1-3H,16H2,(H,17,18). The second-order valence-corrected chi connectivity index (χ2v) is 3.48. The maximum atomic E-state index is 13.0. The SMILES string of the molecule is NNc1cc(C(F)(F)F)nc2cc(F)c(F)cc12. The molecule has 0 aliphatic carbocycles. The van der Waals surface area contributed by atoms with Crippen LogP contribution in [0.4, 0.5) is 27.6 Å². The lowest BCUT2D eigenvalue weighted by molar-refractivity contribution is -0.140. The third-order valence-corrected chi connectivity index (χ3v) is 2.30. The molecule has 0 fully saturated rings. The first-order valence-electron chi connectivity index (χ1n) is 4.66. The quantitative estimate of drug-likeness (QED) is 0.472. The summed E-state index contributed by atoms with van der Waals surface area (Å²) in [4.78, 5) is 3.23. The summed E-state index contributed by atoms with van der Waals surface area (Å²) in [6.07, 6.45) is -4.70. The lowest BCUT2D eigenvalue weighted by Gasteiger charge is -2.11. The second-order valence-electron chi connectivity index (χ2n) is 3.48. The molecule has 0 radical (unpaired) electrons. The van der Waals surface area contributed by atoms with Crippen LogP contribution in [0.2, 0.25) is 0 Å². The number of nitrogens with two attached hydrogens (primary N) is 1. The zero-order chi connectivity index (χ0) is 13.5. The molecule has 0 aliphatic heterocycles. The van der Waals surface area contributed by atoms with E-state index in [4.69, 9.17) is 5.84 Å². The van der Waals surface area contributed by atoms with Crippen LogP contribution < -0.4 is 11.3 Å². The third-order valence-electron chi connectivity index (χ3n) is 2.30. The van der Waals surface area contributed by atoms with Gasteiger partial charge in [-0.2, -0.15) is 13.2 Å². The van der Waals surface area contributed by atoms with Crippen molar-refractivity contribution in [3.63, 3.8) is 0 Å². The smallest absolute Gasteiger partial charge is 0.323 e. The highest BCUT2D eigenvalue weighted by Gasteiger charge is 2.33.